The summed E-state index contributed by atoms with van der Waals surface area (Å²) in [5, 5.41) is 2.45. The van der Waals surface area contributed by atoms with Crippen LogP contribution in [0.25, 0.3) is 0 Å². The Balaban J connectivity index is 2.40. The van der Waals surface area contributed by atoms with Crippen molar-refractivity contribution in [3.05, 3.63) is 96.6 Å². The Morgan fingerprint density at radius 1 is 0.900 bits per heavy atom. The molecule has 0 saturated carbocycles. The fraction of sp³-hybridized carbons (Fsp3) is 0.269. The van der Waals surface area contributed by atoms with E-state index in [1.165, 1.54) is 23.6 Å². The fourth-order valence-corrected chi connectivity index (χ4v) is 8.10. The first-order chi connectivity index (χ1) is 14.3. The van der Waals surface area contributed by atoms with E-state index in [1.807, 2.05) is 37.3 Å². The SMILES string of the molecule is C\C=C(/C=C/C=C/C(=O)OC)CO[Si](c1ccccc1)(c1ccccc1)C(C)(C)C. The topological polar surface area (TPSA) is 35.5 Å². The van der Waals surface area contributed by atoms with Gasteiger partial charge in [0.1, 0.15) is 0 Å². The van der Waals surface area contributed by atoms with Crippen LogP contribution in [0.2, 0.25) is 5.04 Å². The summed E-state index contributed by atoms with van der Waals surface area (Å²) in [6.07, 6.45) is 8.92. The molecule has 0 aromatic heterocycles. The van der Waals surface area contributed by atoms with Gasteiger partial charge in [0.25, 0.3) is 8.32 Å². The number of hydrogen-bond acceptors (Lipinski definition) is 3. The Morgan fingerprint density at radius 3 is 1.83 bits per heavy atom. The highest BCUT2D eigenvalue weighted by atomic mass is 28.4. The zero-order valence-electron chi connectivity index (χ0n) is 18.6. The molecule has 0 aliphatic carbocycles. The second kappa shape index (κ2) is 10.9. The molecule has 30 heavy (non-hydrogen) atoms. The van der Waals surface area contributed by atoms with Crippen molar-refractivity contribution in [1.82, 2.24) is 0 Å². The van der Waals surface area contributed by atoms with Crippen LogP contribution in [0, 0.1) is 0 Å². The van der Waals surface area contributed by atoms with Crippen molar-refractivity contribution in [2.24, 2.45) is 0 Å². The number of esters is 1. The van der Waals surface area contributed by atoms with Gasteiger partial charge >= 0.3 is 5.97 Å². The summed E-state index contributed by atoms with van der Waals surface area (Å²) in [6.45, 7) is 9.29. The monoisotopic (exact) mass is 420 g/mol. The van der Waals surface area contributed by atoms with Crippen LogP contribution in [0.4, 0.5) is 0 Å². The Kier molecular flexibility index (Phi) is 8.57. The van der Waals surface area contributed by atoms with Crippen LogP contribution in [0.1, 0.15) is 27.7 Å². The number of hydrogen-bond donors (Lipinski definition) is 0. The Labute approximate surface area is 181 Å². The zero-order valence-corrected chi connectivity index (χ0v) is 19.6. The van der Waals surface area contributed by atoms with E-state index in [-0.39, 0.29) is 11.0 Å². The van der Waals surface area contributed by atoms with E-state index in [0.717, 1.165) is 5.57 Å². The van der Waals surface area contributed by atoms with Crippen LogP contribution < -0.4 is 10.4 Å². The highest BCUT2D eigenvalue weighted by molar-refractivity contribution is 6.99. The molecular weight excluding hydrogens is 388 g/mol. The Bertz CT molecular complexity index is 851. The average molecular weight is 421 g/mol. The number of ether oxygens (including phenoxy) is 1. The van der Waals surface area contributed by atoms with E-state index in [1.54, 1.807) is 6.08 Å². The third-order valence-corrected chi connectivity index (χ3v) is 10.1. The van der Waals surface area contributed by atoms with Crippen molar-refractivity contribution in [2.45, 2.75) is 32.7 Å². The van der Waals surface area contributed by atoms with Crippen LogP contribution in [-0.2, 0) is 14.0 Å². The molecule has 0 heterocycles. The summed E-state index contributed by atoms with van der Waals surface area (Å²) in [5.74, 6) is -0.370. The molecule has 0 atom stereocenters. The lowest BCUT2D eigenvalue weighted by Crippen LogP contribution is -2.66. The van der Waals surface area contributed by atoms with Gasteiger partial charge in [-0.2, -0.15) is 0 Å². The summed E-state index contributed by atoms with van der Waals surface area (Å²) in [6, 6.07) is 21.2. The average Bonchev–Trinajstić information content (AvgIpc) is 2.75. The van der Waals surface area contributed by atoms with Gasteiger partial charge in [-0.1, -0.05) is 106 Å². The standard InChI is InChI=1S/C26H32O3Si/c1-6-22(15-13-14-20-25(27)28-5)21-29-30(26(2,3)4,23-16-9-7-10-17-23)24-18-11-8-12-19-24/h6-20H,21H2,1-5H3/b15-13+,20-14+,22-6+. The van der Waals surface area contributed by atoms with Crippen molar-refractivity contribution < 1.29 is 14.0 Å². The highest BCUT2D eigenvalue weighted by Gasteiger charge is 2.50. The number of carbonyl (C=O) groups is 1. The fourth-order valence-electron chi connectivity index (χ4n) is 3.56. The molecule has 0 unspecified atom stereocenters. The molecule has 0 aliphatic heterocycles. The van der Waals surface area contributed by atoms with Crippen molar-refractivity contribution in [3.63, 3.8) is 0 Å². The Hall–Kier alpha value is -2.69. The minimum absolute atomic E-state index is 0.0664. The first-order valence-corrected chi connectivity index (χ1v) is 12.1. The van der Waals surface area contributed by atoms with Gasteiger partial charge in [0.15, 0.2) is 0 Å². The van der Waals surface area contributed by atoms with Gasteiger partial charge in [0.05, 0.1) is 13.7 Å². The summed E-state index contributed by atoms with van der Waals surface area (Å²) in [4.78, 5) is 11.2. The molecule has 0 amide bonds. The van der Waals surface area contributed by atoms with Gasteiger partial charge in [-0.3, -0.25) is 0 Å². The number of carbonyl (C=O) groups excluding carboxylic acids is 1. The zero-order chi connectivity index (χ0) is 22.0. The maximum Gasteiger partial charge on any atom is 0.330 e. The molecular formula is C26H32O3Si. The van der Waals surface area contributed by atoms with E-state index in [9.17, 15) is 4.79 Å². The van der Waals surface area contributed by atoms with Gasteiger partial charge in [-0.15, -0.1) is 0 Å². The smallest absolute Gasteiger partial charge is 0.330 e. The summed E-state index contributed by atoms with van der Waals surface area (Å²) in [5.41, 5.74) is 1.05. The van der Waals surface area contributed by atoms with Gasteiger partial charge < -0.3 is 9.16 Å². The van der Waals surface area contributed by atoms with Crippen LogP contribution in [0.5, 0.6) is 0 Å². The van der Waals surface area contributed by atoms with E-state index in [0.29, 0.717) is 6.61 Å². The minimum atomic E-state index is -2.57. The van der Waals surface area contributed by atoms with Crippen LogP contribution >= 0.6 is 0 Å². The van der Waals surface area contributed by atoms with Gasteiger partial charge in [-0.25, -0.2) is 4.79 Å². The first kappa shape index (κ1) is 23.6. The van der Waals surface area contributed by atoms with Crippen LogP contribution in [0.3, 0.4) is 0 Å². The molecule has 0 bridgehead atoms. The summed E-state index contributed by atoms with van der Waals surface area (Å²) >= 11 is 0. The summed E-state index contributed by atoms with van der Waals surface area (Å²) in [7, 11) is -1.20. The lowest BCUT2D eigenvalue weighted by molar-refractivity contribution is -0.134. The molecule has 2 aromatic carbocycles. The van der Waals surface area contributed by atoms with Gasteiger partial charge in [0, 0.05) is 6.08 Å². The number of methoxy groups -OCH3 is 1. The molecule has 0 spiro atoms. The molecule has 0 fully saturated rings. The van der Waals surface area contributed by atoms with Crippen molar-refractivity contribution in [1.29, 1.82) is 0 Å². The van der Waals surface area contributed by atoms with Crippen LogP contribution in [0.15, 0.2) is 96.6 Å². The van der Waals surface area contributed by atoms with E-state index < -0.39 is 8.32 Å². The van der Waals surface area contributed by atoms with Crippen molar-refractivity contribution in [3.8, 4) is 0 Å². The molecule has 158 valence electrons. The molecule has 2 rings (SSSR count). The molecule has 3 nitrogen and oxygen atoms in total. The summed E-state index contributed by atoms with van der Waals surface area (Å²) < 4.78 is 11.5. The minimum Gasteiger partial charge on any atom is -0.466 e. The van der Waals surface area contributed by atoms with Gasteiger partial charge in [0.2, 0.25) is 0 Å². The number of allylic oxidation sites excluding steroid dienone is 3. The quantitative estimate of drug-likeness (QED) is 0.266. The third-order valence-electron chi connectivity index (χ3n) is 5.10. The molecule has 0 aliphatic rings. The second-order valence-corrected chi connectivity index (χ2v) is 12.4. The van der Waals surface area contributed by atoms with Crippen molar-refractivity contribution in [2.75, 3.05) is 13.7 Å². The predicted octanol–water partition coefficient (Wildman–Crippen LogP) is 4.79. The van der Waals surface area contributed by atoms with Gasteiger partial charge in [-0.05, 0) is 27.9 Å². The third kappa shape index (κ3) is 5.68. The van der Waals surface area contributed by atoms with E-state index in [2.05, 4.69) is 74.0 Å². The highest BCUT2D eigenvalue weighted by Crippen LogP contribution is 2.37. The normalized spacial score (nSPS) is 13.2. The lowest BCUT2D eigenvalue weighted by atomic mass is 10.2. The molecule has 4 heteroatoms. The maximum atomic E-state index is 11.2. The second-order valence-electron chi connectivity index (χ2n) is 8.06. The molecule has 0 radical (unpaired) electrons. The Morgan fingerprint density at radius 2 is 1.40 bits per heavy atom. The van der Waals surface area contributed by atoms with Crippen LogP contribution in [-0.4, -0.2) is 28.0 Å². The largest absolute Gasteiger partial charge is 0.466 e. The molecule has 2 aromatic rings. The molecule has 0 saturated heterocycles. The first-order valence-electron chi connectivity index (χ1n) is 10.2. The van der Waals surface area contributed by atoms with E-state index in [4.69, 9.17) is 4.43 Å². The van der Waals surface area contributed by atoms with E-state index >= 15 is 0 Å². The van der Waals surface area contributed by atoms with Crippen molar-refractivity contribution >= 4 is 24.7 Å². The predicted molar refractivity (Wildman–Crippen MR) is 128 cm³/mol. The number of benzene rings is 2. The molecule has 0 N–H and O–H groups in total. The maximum absolute atomic E-state index is 11.2. The lowest BCUT2D eigenvalue weighted by Gasteiger charge is -2.43. The number of rotatable bonds is 8.